The summed E-state index contributed by atoms with van der Waals surface area (Å²) in [5.41, 5.74) is 3.68. The van der Waals surface area contributed by atoms with E-state index < -0.39 is 0 Å². The van der Waals surface area contributed by atoms with Gasteiger partial charge in [0.15, 0.2) is 0 Å². The third-order valence-corrected chi connectivity index (χ3v) is 3.50. The first-order chi connectivity index (χ1) is 9.72. The molecule has 6 heteroatoms. The third kappa shape index (κ3) is 3.91. The number of nitrogens with one attached hydrogen (secondary N) is 1. The summed E-state index contributed by atoms with van der Waals surface area (Å²) in [6.07, 6.45) is 3.68. The fourth-order valence-electron chi connectivity index (χ4n) is 2.56. The second kappa shape index (κ2) is 7.21. The Labute approximate surface area is 119 Å². The van der Waals surface area contributed by atoms with Crippen molar-refractivity contribution in [2.45, 2.75) is 26.3 Å². The van der Waals surface area contributed by atoms with Crippen molar-refractivity contribution >= 4 is 11.8 Å². The largest absolute Gasteiger partial charge is 0.466 e. The van der Waals surface area contributed by atoms with E-state index in [1.165, 1.54) is 0 Å². The number of piperidine rings is 1. The lowest BCUT2D eigenvalue weighted by atomic mass is 9.98. The number of aromatic nitrogens is 1. The summed E-state index contributed by atoms with van der Waals surface area (Å²) >= 11 is 0. The molecule has 0 amide bonds. The summed E-state index contributed by atoms with van der Waals surface area (Å²) < 4.78 is 5.11. The molecule has 0 bridgehead atoms. The molecule has 1 aliphatic rings. The molecule has 20 heavy (non-hydrogen) atoms. The van der Waals surface area contributed by atoms with E-state index in [0.29, 0.717) is 12.4 Å². The predicted molar refractivity (Wildman–Crippen MR) is 76.7 cm³/mol. The van der Waals surface area contributed by atoms with Crippen LogP contribution in [0.5, 0.6) is 0 Å². The molecule has 1 aromatic rings. The highest BCUT2D eigenvalue weighted by atomic mass is 16.5. The van der Waals surface area contributed by atoms with Gasteiger partial charge in [0, 0.05) is 19.3 Å². The molecular weight excluding hydrogens is 256 g/mol. The van der Waals surface area contributed by atoms with Crippen LogP contribution in [0.3, 0.4) is 0 Å². The first-order valence-corrected chi connectivity index (χ1v) is 7.03. The summed E-state index contributed by atoms with van der Waals surface area (Å²) in [6.45, 7) is 4.85. The summed E-state index contributed by atoms with van der Waals surface area (Å²) in [6, 6.07) is 3.89. The van der Waals surface area contributed by atoms with Crippen LogP contribution in [-0.4, -0.2) is 35.5 Å². The molecule has 0 aliphatic carbocycles. The SMILES string of the molecule is CCOC(=O)C1CCCN(Cc2ccnc(NN)c2)C1. The Morgan fingerprint density at radius 1 is 1.65 bits per heavy atom. The quantitative estimate of drug-likeness (QED) is 0.477. The lowest BCUT2D eigenvalue weighted by molar-refractivity contribution is -0.150. The van der Waals surface area contributed by atoms with Crippen LogP contribution in [0.4, 0.5) is 5.82 Å². The van der Waals surface area contributed by atoms with Gasteiger partial charge in [0.1, 0.15) is 5.82 Å². The van der Waals surface area contributed by atoms with E-state index in [0.717, 1.165) is 38.0 Å². The van der Waals surface area contributed by atoms with Crippen LogP contribution in [0.1, 0.15) is 25.3 Å². The van der Waals surface area contributed by atoms with Gasteiger partial charge in [0.05, 0.1) is 12.5 Å². The number of rotatable bonds is 5. The minimum absolute atomic E-state index is 0.00218. The molecule has 3 N–H and O–H groups in total. The van der Waals surface area contributed by atoms with Crippen molar-refractivity contribution < 1.29 is 9.53 Å². The summed E-state index contributed by atoms with van der Waals surface area (Å²) in [5, 5.41) is 0. The molecule has 1 aromatic heterocycles. The number of pyridine rings is 1. The zero-order valence-electron chi connectivity index (χ0n) is 11.8. The number of hydrogen-bond donors (Lipinski definition) is 2. The van der Waals surface area contributed by atoms with Gasteiger partial charge in [-0.25, -0.2) is 10.8 Å². The lowest BCUT2D eigenvalue weighted by Gasteiger charge is -2.31. The van der Waals surface area contributed by atoms with Crippen molar-refractivity contribution in [2.75, 3.05) is 25.1 Å². The molecule has 2 heterocycles. The van der Waals surface area contributed by atoms with Gasteiger partial charge in [-0.15, -0.1) is 0 Å². The highest BCUT2D eigenvalue weighted by molar-refractivity contribution is 5.72. The molecule has 6 nitrogen and oxygen atoms in total. The van der Waals surface area contributed by atoms with E-state index in [9.17, 15) is 4.79 Å². The Bertz CT molecular complexity index is 453. The third-order valence-electron chi connectivity index (χ3n) is 3.50. The number of hydrazine groups is 1. The highest BCUT2D eigenvalue weighted by Gasteiger charge is 2.26. The Morgan fingerprint density at radius 3 is 3.25 bits per heavy atom. The summed E-state index contributed by atoms with van der Waals surface area (Å²) in [7, 11) is 0. The number of anilines is 1. The Hall–Kier alpha value is -1.66. The molecule has 0 aromatic carbocycles. The van der Waals surface area contributed by atoms with Crippen LogP contribution >= 0.6 is 0 Å². The van der Waals surface area contributed by atoms with E-state index >= 15 is 0 Å². The second-order valence-electron chi connectivity index (χ2n) is 5.02. The molecule has 1 unspecified atom stereocenters. The number of likely N-dealkylation sites (tertiary alicyclic amines) is 1. The van der Waals surface area contributed by atoms with Gasteiger partial charge < -0.3 is 10.2 Å². The number of hydrogen-bond acceptors (Lipinski definition) is 6. The minimum Gasteiger partial charge on any atom is -0.466 e. The van der Waals surface area contributed by atoms with Gasteiger partial charge in [-0.05, 0) is 44.0 Å². The van der Waals surface area contributed by atoms with Crippen LogP contribution < -0.4 is 11.3 Å². The summed E-state index contributed by atoms with van der Waals surface area (Å²) in [4.78, 5) is 18.2. The van der Waals surface area contributed by atoms with Crippen LogP contribution in [-0.2, 0) is 16.1 Å². The second-order valence-corrected chi connectivity index (χ2v) is 5.02. The molecule has 1 fully saturated rings. The van der Waals surface area contributed by atoms with Gasteiger partial charge >= 0.3 is 5.97 Å². The van der Waals surface area contributed by atoms with Gasteiger partial charge in [-0.3, -0.25) is 9.69 Å². The average Bonchev–Trinajstić information content (AvgIpc) is 2.48. The van der Waals surface area contributed by atoms with Crippen molar-refractivity contribution in [1.82, 2.24) is 9.88 Å². The maximum atomic E-state index is 11.8. The summed E-state index contributed by atoms with van der Waals surface area (Å²) in [5.74, 6) is 5.94. The van der Waals surface area contributed by atoms with Crippen LogP contribution in [0, 0.1) is 5.92 Å². The molecular formula is C14H22N4O2. The van der Waals surface area contributed by atoms with Crippen molar-refractivity contribution in [1.29, 1.82) is 0 Å². The van der Waals surface area contributed by atoms with E-state index in [1.54, 1.807) is 6.20 Å². The van der Waals surface area contributed by atoms with Crippen LogP contribution in [0.2, 0.25) is 0 Å². The van der Waals surface area contributed by atoms with E-state index in [4.69, 9.17) is 10.6 Å². The van der Waals surface area contributed by atoms with E-state index in [-0.39, 0.29) is 11.9 Å². The normalized spacial score (nSPS) is 19.6. The van der Waals surface area contributed by atoms with Crippen molar-refractivity contribution in [2.24, 2.45) is 11.8 Å². The Balaban J connectivity index is 1.93. The molecule has 1 saturated heterocycles. The van der Waals surface area contributed by atoms with E-state index in [2.05, 4.69) is 15.3 Å². The zero-order valence-corrected chi connectivity index (χ0v) is 11.8. The van der Waals surface area contributed by atoms with Gasteiger partial charge in [-0.2, -0.15) is 0 Å². The maximum absolute atomic E-state index is 11.8. The molecule has 0 radical (unpaired) electrons. The minimum atomic E-state index is -0.0729. The van der Waals surface area contributed by atoms with Crippen LogP contribution in [0.15, 0.2) is 18.3 Å². The number of carbonyl (C=O) groups is 1. The number of ether oxygens (including phenoxy) is 1. The molecule has 1 aliphatic heterocycles. The van der Waals surface area contributed by atoms with Gasteiger partial charge in [-0.1, -0.05) is 0 Å². The number of nitrogen functional groups attached to an aromatic ring is 1. The molecule has 110 valence electrons. The number of nitrogens with two attached hydrogens (primary N) is 1. The molecule has 2 rings (SSSR count). The first-order valence-electron chi connectivity index (χ1n) is 7.03. The average molecular weight is 278 g/mol. The molecule has 0 saturated carbocycles. The zero-order chi connectivity index (χ0) is 14.4. The predicted octanol–water partition coefficient (Wildman–Crippen LogP) is 1.14. The van der Waals surface area contributed by atoms with Crippen molar-refractivity contribution in [3.05, 3.63) is 23.9 Å². The van der Waals surface area contributed by atoms with Gasteiger partial charge in [0.2, 0.25) is 0 Å². The molecule has 1 atom stereocenters. The van der Waals surface area contributed by atoms with Gasteiger partial charge in [0.25, 0.3) is 0 Å². The Morgan fingerprint density at radius 2 is 2.50 bits per heavy atom. The Kier molecular flexibility index (Phi) is 5.31. The maximum Gasteiger partial charge on any atom is 0.310 e. The van der Waals surface area contributed by atoms with E-state index in [1.807, 2.05) is 19.1 Å². The number of esters is 1. The van der Waals surface area contributed by atoms with Crippen LogP contribution in [0.25, 0.3) is 0 Å². The number of carbonyl (C=O) groups excluding carboxylic acids is 1. The topological polar surface area (TPSA) is 80.5 Å². The first kappa shape index (κ1) is 14.7. The lowest BCUT2D eigenvalue weighted by Crippen LogP contribution is -2.38. The smallest absolute Gasteiger partial charge is 0.310 e. The fraction of sp³-hybridized carbons (Fsp3) is 0.571. The monoisotopic (exact) mass is 278 g/mol. The fourth-order valence-corrected chi connectivity index (χ4v) is 2.56. The van der Waals surface area contributed by atoms with Crippen molar-refractivity contribution in [3.63, 3.8) is 0 Å². The van der Waals surface area contributed by atoms with Crippen molar-refractivity contribution in [3.8, 4) is 0 Å². The number of nitrogens with zero attached hydrogens (tertiary/aromatic N) is 2. The molecule has 0 spiro atoms. The standard InChI is InChI=1S/C14H22N4O2/c1-2-20-14(19)12-4-3-7-18(10-12)9-11-5-6-16-13(8-11)17-15/h5-6,8,12H,2-4,7,9-10,15H2,1H3,(H,16,17). The highest BCUT2D eigenvalue weighted by Crippen LogP contribution is 2.20.